The molecule has 0 bridgehead atoms. The Morgan fingerprint density at radius 3 is 2.25 bits per heavy atom. The van der Waals surface area contributed by atoms with E-state index in [-0.39, 0.29) is 36.9 Å². The molecule has 3 amide bonds. The molecular formula is C23H26Cl2N4O3. The molecule has 3 rings (SSSR count). The molecular weight excluding hydrogens is 451 g/mol. The molecule has 1 fully saturated rings. The average Bonchev–Trinajstić information content (AvgIpc) is 3.54. The average molecular weight is 477 g/mol. The molecule has 170 valence electrons. The van der Waals surface area contributed by atoms with Gasteiger partial charge in [-0.15, -0.1) is 0 Å². The van der Waals surface area contributed by atoms with Gasteiger partial charge >= 0.3 is 0 Å². The number of hydrogen-bond donors (Lipinski definition) is 3. The third-order valence-corrected chi connectivity index (χ3v) is 5.39. The maximum Gasteiger partial charge on any atom is 0.253 e. The maximum absolute atomic E-state index is 12.7. The van der Waals surface area contributed by atoms with E-state index in [0.29, 0.717) is 33.5 Å². The Morgan fingerprint density at radius 2 is 1.62 bits per heavy atom. The molecule has 32 heavy (non-hydrogen) atoms. The van der Waals surface area contributed by atoms with Crippen LogP contribution in [0.1, 0.15) is 36.5 Å². The van der Waals surface area contributed by atoms with Gasteiger partial charge < -0.3 is 16.0 Å². The highest BCUT2D eigenvalue weighted by Gasteiger charge is 2.25. The summed E-state index contributed by atoms with van der Waals surface area (Å²) in [6.45, 7) is 2.55. The van der Waals surface area contributed by atoms with Gasteiger partial charge in [0.05, 0.1) is 35.1 Å². The van der Waals surface area contributed by atoms with Crippen molar-refractivity contribution in [3.63, 3.8) is 0 Å². The van der Waals surface area contributed by atoms with E-state index in [9.17, 15) is 14.4 Å². The number of halogens is 2. The monoisotopic (exact) mass is 476 g/mol. The van der Waals surface area contributed by atoms with Crippen LogP contribution in [0.3, 0.4) is 0 Å². The molecule has 0 saturated heterocycles. The lowest BCUT2D eigenvalue weighted by molar-refractivity contribution is -0.120. The van der Waals surface area contributed by atoms with Crippen LogP contribution in [0.15, 0.2) is 42.5 Å². The van der Waals surface area contributed by atoms with E-state index in [1.807, 2.05) is 6.92 Å². The van der Waals surface area contributed by atoms with E-state index >= 15 is 0 Å². The maximum atomic E-state index is 12.7. The van der Waals surface area contributed by atoms with E-state index in [1.165, 1.54) is 0 Å². The number of benzene rings is 2. The zero-order chi connectivity index (χ0) is 23.1. The summed E-state index contributed by atoms with van der Waals surface area (Å²) in [5.74, 6) is -0.796. The van der Waals surface area contributed by atoms with Crippen LogP contribution in [-0.2, 0) is 9.59 Å². The number of para-hydroxylation sites is 1. The van der Waals surface area contributed by atoms with Gasteiger partial charge in [0, 0.05) is 11.1 Å². The Hall–Kier alpha value is -2.61. The van der Waals surface area contributed by atoms with Crippen LogP contribution in [0.5, 0.6) is 0 Å². The van der Waals surface area contributed by atoms with Gasteiger partial charge in [0.15, 0.2) is 0 Å². The topological polar surface area (TPSA) is 90.5 Å². The number of hydrogen-bond acceptors (Lipinski definition) is 4. The van der Waals surface area contributed by atoms with Gasteiger partial charge in [-0.1, -0.05) is 42.3 Å². The molecule has 0 atom stereocenters. The molecule has 9 heteroatoms. The van der Waals surface area contributed by atoms with Crippen molar-refractivity contribution in [2.24, 2.45) is 0 Å². The van der Waals surface area contributed by atoms with E-state index in [2.05, 4.69) is 16.0 Å². The second kappa shape index (κ2) is 11.3. The lowest BCUT2D eigenvalue weighted by Crippen LogP contribution is -2.39. The summed E-state index contributed by atoms with van der Waals surface area (Å²) in [5, 5.41) is 9.29. The summed E-state index contributed by atoms with van der Waals surface area (Å²) >= 11 is 12.0. The summed E-state index contributed by atoms with van der Waals surface area (Å²) in [6, 6.07) is 11.9. The molecule has 0 radical (unpaired) electrons. The predicted octanol–water partition coefficient (Wildman–Crippen LogP) is 4.17. The normalized spacial score (nSPS) is 13.0. The molecule has 0 aliphatic heterocycles. The van der Waals surface area contributed by atoms with Crippen molar-refractivity contribution < 1.29 is 14.4 Å². The minimum atomic E-state index is -0.303. The van der Waals surface area contributed by atoms with Crippen LogP contribution in [0.25, 0.3) is 0 Å². The second-order valence-electron chi connectivity index (χ2n) is 7.72. The van der Waals surface area contributed by atoms with Crippen molar-refractivity contribution >= 4 is 52.3 Å². The smallest absolute Gasteiger partial charge is 0.253 e. The Balaban J connectivity index is 1.59. The van der Waals surface area contributed by atoms with Gasteiger partial charge in [-0.3, -0.25) is 19.3 Å². The summed E-state index contributed by atoms with van der Waals surface area (Å²) in [5.41, 5.74) is 1.33. The Kier molecular flexibility index (Phi) is 8.50. The lowest BCUT2D eigenvalue weighted by atomic mass is 10.1. The Labute approximate surface area is 197 Å². The highest BCUT2D eigenvalue weighted by atomic mass is 35.5. The zero-order valence-electron chi connectivity index (χ0n) is 17.8. The summed E-state index contributed by atoms with van der Waals surface area (Å²) < 4.78 is 0. The first-order valence-corrected chi connectivity index (χ1v) is 11.3. The highest BCUT2D eigenvalue weighted by Crippen LogP contribution is 2.25. The van der Waals surface area contributed by atoms with Crippen LogP contribution in [0, 0.1) is 0 Å². The lowest BCUT2D eigenvalue weighted by Gasteiger charge is -2.21. The molecule has 1 aliphatic rings. The van der Waals surface area contributed by atoms with Crippen molar-refractivity contribution in [2.75, 3.05) is 30.3 Å². The van der Waals surface area contributed by atoms with E-state index in [1.54, 1.807) is 47.4 Å². The Bertz CT molecular complexity index is 995. The number of carbonyl (C=O) groups excluding carboxylic acids is 3. The van der Waals surface area contributed by atoms with Crippen LogP contribution in [0.4, 0.5) is 11.4 Å². The summed E-state index contributed by atoms with van der Waals surface area (Å²) in [6.07, 6.45) is 2.73. The molecule has 0 spiro atoms. The van der Waals surface area contributed by atoms with Crippen LogP contribution in [-0.4, -0.2) is 48.3 Å². The van der Waals surface area contributed by atoms with Gasteiger partial charge in [0.25, 0.3) is 5.91 Å². The van der Waals surface area contributed by atoms with E-state index in [4.69, 9.17) is 23.2 Å². The van der Waals surface area contributed by atoms with E-state index < -0.39 is 0 Å². The summed E-state index contributed by atoms with van der Waals surface area (Å²) in [4.78, 5) is 39.4. The molecule has 3 N–H and O–H groups in total. The third-order valence-electron chi connectivity index (χ3n) is 4.84. The van der Waals surface area contributed by atoms with Crippen molar-refractivity contribution in [2.45, 2.75) is 32.2 Å². The minimum absolute atomic E-state index is 0.00812. The number of carbonyl (C=O) groups is 3. The number of nitrogens with zero attached hydrogens (tertiary/aromatic N) is 1. The molecule has 0 heterocycles. The SMILES string of the molecule is CCCN(CC(=O)Nc1ccc(Cl)cc1Cl)CC(=O)Nc1ccccc1C(=O)NC1CC1. The first-order chi connectivity index (χ1) is 15.4. The number of amides is 3. The standard InChI is InChI=1S/C23H26Cl2N4O3/c1-2-11-29(14-22(31)28-20-10-7-15(24)12-18(20)25)13-21(30)27-19-6-4-3-5-17(19)23(32)26-16-8-9-16/h3-7,10,12,16H,2,8-9,11,13-14H2,1H3,(H,26,32)(H,27,30)(H,28,31). The fourth-order valence-electron chi connectivity index (χ4n) is 3.19. The number of rotatable bonds is 10. The van der Waals surface area contributed by atoms with Crippen molar-refractivity contribution in [1.82, 2.24) is 10.2 Å². The predicted molar refractivity (Wildman–Crippen MR) is 127 cm³/mol. The molecule has 0 aromatic heterocycles. The summed E-state index contributed by atoms with van der Waals surface area (Å²) in [7, 11) is 0. The van der Waals surface area contributed by atoms with Gasteiger partial charge in [-0.05, 0) is 56.1 Å². The molecule has 2 aromatic carbocycles. The molecule has 0 unspecified atom stereocenters. The molecule has 2 aromatic rings. The first kappa shape index (κ1) is 24.0. The van der Waals surface area contributed by atoms with Crippen LogP contribution < -0.4 is 16.0 Å². The van der Waals surface area contributed by atoms with Crippen LogP contribution in [0.2, 0.25) is 10.0 Å². The van der Waals surface area contributed by atoms with Crippen LogP contribution >= 0.6 is 23.2 Å². The molecule has 1 aliphatic carbocycles. The largest absolute Gasteiger partial charge is 0.349 e. The third kappa shape index (κ3) is 7.22. The van der Waals surface area contributed by atoms with Crippen molar-refractivity contribution in [3.05, 3.63) is 58.1 Å². The van der Waals surface area contributed by atoms with Gasteiger partial charge in [-0.25, -0.2) is 0 Å². The number of anilines is 2. The molecule has 7 nitrogen and oxygen atoms in total. The van der Waals surface area contributed by atoms with Crippen molar-refractivity contribution in [3.8, 4) is 0 Å². The Morgan fingerprint density at radius 1 is 0.969 bits per heavy atom. The molecule has 1 saturated carbocycles. The zero-order valence-corrected chi connectivity index (χ0v) is 19.3. The quantitative estimate of drug-likeness (QED) is 0.479. The highest BCUT2D eigenvalue weighted by molar-refractivity contribution is 6.36. The van der Waals surface area contributed by atoms with E-state index in [0.717, 1.165) is 19.3 Å². The van der Waals surface area contributed by atoms with Gasteiger partial charge in [0.1, 0.15) is 0 Å². The van der Waals surface area contributed by atoms with Gasteiger partial charge in [-0.2, -0.15) is 0 Å². The second-order valence-corrected chi connectivity index (χ2v) is 8.57. The fourth-order valence-corrected chi connectivity index (χ4v) is 3.64. The van der Waals surface area contributed by atoms with Crippen molar-refractivity contribution in [1.29, 1.82) is 0 Å². The fraction of sp³-hybridized carbons (Fsp3) is 0.348. The number of nitrogens with one attached hydrogen (secondary N) is 3. The first-order valence-electron chi connectivity index (χ1n) is 10.5. The van der Waals surface area contributed by atoms with Gasteiger partial charge in [0.2, 0.25) is 11.8 Å². The minimum Gasteiger partial charge on any atom is -0.349 e.